The van der Waals surface area contributed by atoms with Gasteiger partial charge in [0.1, 0.15) is 43.8 Å². The molecule has 1 aliphatic heterocycles. The molecule has 0 N–H and O–H groups in total. The second-order valence-electron chi connectivity index (χ2n) is 30.8. The van der Waals surface area contributed by atoms with Gasteiger partial charge in [0, 0.05) is 116 Å². The molecular formula is C99H180BrF2NO37S2. The Balaban J connectivity index is -0.000000291. The highest BCUT2D eigenvalue weighted by molar-refractivity contribution is 9.09. The smallest absolute Gasteiger partial charge is 0.367 e. The molecule has 836 valence electrons. The highest BCUT2D eigenvalue weighted by Crippen LogP contribution is 2.22. The van der Waals surface area contributed by atoms with Crippen molar-refractivity contribution in [3.05, 3.63) is 54.6 Å². The van der Waals surface area contributed by atoms with E-state index < -0.39 is 61.8 Å². The van der Waals surface area contributed by atoms with Crippen molar-refractivity contribution >= 4 is 95.2 Å². The molecule has 142 heavy (non-hydrogen) atoms. The Labute approximate surface area is 856 Å². The maximum atomic E-state index is 12.5. The van der Waals surface area contributed by atoms with Gasteiger partial charge in [0.25, 0.3) is 21.9 Å². The number of ketones is 3. The van der Waals surface area contributed by atoms with Gasteiger partial charge in [-0.2, -0.15) is 25.6 Å². The quantitative estimate of drug-likeness (QED) is 0.0111. The average Bonchev–Trinajstić information content (AvgIpc) is 1.25. The molecule has 1 aromatic rings. The van der Waals surface area contributed by atoms with E-state index in [0.29, 0.717) is 188 Å². The van der Waals surface area contributed by atoms with Crippen LogP contribution in [0.25, 0.3) is 0 Å². The van der Waals surface area contributed by atoms with Gasteiger partial charge >= 0.3 is 45.2 Å². The largest absolute Gasteiger partial charge is 0.462 e. The number of nitrogens with zero attached hydrogens (tertiary/aromatic N) is 1. The summed E-state index contributed by atoms with van der Waals surface area (Å²) in [5.74, 6) is -2.38. The Bertz CT molecular complexity index is 3300. The molecule has 1 heterocycles. The van der Waals surface area contributed by atoms with Crippen molar-refractivity contribution in [1.82, 2.24) is 5.06 Å². The van der Waals surface area contributed by atoms with E-state index in [0.717, 1.165) is 153 Å². The summed E-state index contributed by atoms with van der Waals surface area (Å²) in [6.45, 7) is 51.3. The van der Waals surface area contributed by atoms with Crippen molar-refractivity contribution in [2.24, 2.45) is 5.92 Å². The summed E-state index contributed by atoms with van der Waals surface area (Å²) in [6.07, 6.45) is 18.8. The highest BCUT2D eigenvalue weighted by atomic mass is 79.9. The topological polar surface area (TPSA) is 455 Å². The lowest BCUT2D eigenvalue weighted by atomic mass is 10.1. The van der Waals surface area contributed by atoms with Crippen LogP contribution in [0, 0.1) is 12.8 Å². The molecule has 0 bridgehead atoms. The van der Waals surface area contributed by atoms with E-state index in [1.54, 1.807) is 53.9 Å². The number of carbonyl (C=O) groups is 10. The second kappa shape index (κ2) is 113. The van der Waals surface area contributed by atoms with Crippen LogP contribution in [-0.4, -0.2) is 343 Å². The van der Waals surface area contributed by atoms with Crippen LogP contribution in [0.5, 0.6) is 0 Å². The fraction of sp³-hybridized carbons (Fsp3) is 0.798. The number of methoxy groups -OCH3 is 1. The Morgan fingerprint density at radius 1 is 0.401 bits per heavy atom. The lowest BCUT2D eigenvalue weighted by Crippen LogP contribution is -2.31. The van der Waals surface area contributed by atoms with E-state index in [2.05, 4.69) is 72.6 Å². The second-order valence-corrected chi connectivity index (χ2v) is 35.0. The summed E-state index contributed by atoms with van der Waals surface area (Å²) >= 11 is 3.27. The van der Waals surface area contributed by atoms with Crippen LogP contribution in [-0.2, 0) is 176 Å². The zero-order chi connectivity index (χ0) is 108. The number of hydrogen-bond donors (Lipinski definition) is 0. The minimum absolute atomic E-state index is 0.0180. The number of Topliss-reactive ketones (excluding diaryl/α,β-unsaturated/α-hetero) is 3. The van der Waals surface area contributed by atoms with Gasteiger partial charge in [-0.1, -0.05) is 135 Å². The van der Waals surface area contributed by atoms with Gasteiger partial charge in [-0.3, -0.25) is 27.5 Å². The number of carbonyl (C=O) groups excluding carboxylic acids is 10. The molecule has 0 aliphatic carbocycles. The summed E-state index contributed by atoms with van der Waals surface area (Å²) < 4.78 is 182. The third kappa shape index (κ3) is 117. The molecule has 1 aromatic carbocycles. The molecule has 0 saturated carbocycles. The third-order valence-electron chi connectivity index (χ3n) is 16.9. The van der Waals surface area contributed by atoms with E-state index in [-0.39, 0.29) is 119 Å². The van der Waals surface area contributed by atoms with Crippen molar-refractivity contribution in [3.8, 4) is 0 Å². The van der Waals surface area contributed by atoms with E-state index in [1.165, 1.54) is 12.1 Å². The van der Waals surface area contributed by atoms with Crippen molar-refractivity contribution in [2.75, 3.05) is 257 Å². The maximum absolute atomic E-state index is 12.5. The molecule has 0 spiro atoms. The molecule has 0 aromatic heterocycles. The molecule has 1 fully saturated rings. The van der Waals surface area contributed by atoms with Gasteiger partial charge in [-0.25, -0.2) is 14.4 Å². The molecule has 1 aliphatic rings. The lowest BCUT2D eigenvalue weighted by Gasteiger charge is -2.12. The zero-order valence-corrected chi connectivity index (χ0v) is 91.7. The number of esters is 4. The van der Waals surface area contributed by atoms with Crippen molar-refractivity contribution in [2.45, 2.75) is 262 Å². The molecule has 0 radical (unpaired) electrons. The van der Waals surface area contributed by atoms with Crippen LogP contribution < -0.4 is 0 Å². The zero-order valence-electron chi connectivity index (χ0n) is 88.5. The normalized spacial score (nSPS) is 11.6. The van der Waals surface area contributed by atoms with Crippen molar-refractivity contribution < 1.29 is 182 Å². The number of ether oxygens (including phenoxy) is 20. The maximum Gasteiger partial charge on any atom is 0.367 e. The van der Waals surface area contributed by atoms with Gasteiger partial charge in [0.2, 0.25) is 0 Å². The van der Waals surface area contributed by atoms with Gasteiger partial charge < -0.3 is 114 Å². The first-order valence-corrected chi connectivity index (χ1v) is 53.3. The standard InChI is InChI=1S/C16H26O6S.C13H19NO5.C11H22F2O6S.C11H18O4.C10H22O4.C10H22O3.C10H18O2.C9H19BrO3.C9H14O4/c1-3-8-19-9-10-20-11-12-21-13-14-22-23(17,18)16-6-4-15(2)5-7-16;1-10(15)6-4-2-3-5-7-13(18)19-14-11(16)8-9-12(14)17;1-3-4-16-5-6-17-7-8-18-9-10-19-20(14,15)11(2,12)13;1-5-9(4)11(13)15-7-6-14-10(12)8(2)3;1-3-4-12-7-8-14-10-9-13-6-5-11-2;1-3-5-11-7-9-13-10-8-12-6-4-2;1-9(11)7-5-3-4-6-8-10(2)12;1-2-4-11-6-8-13-9-7-12-5-3-10;1-3-5-9(11)13-7-6-12-8(10)4-2/h4-7H,3,8-14H2,1-2H3;2-9H2,1H3;3-10H2,1-2H3;9H,2,5-7H2,1,3-4H3;3-10H2,1-2H3;3-10H2,1-2H3;3-8H2,1-2H3;2-9H2,1H3;4H,2-3,5-7H2,1H3. The van der Waals surface area contributed by atoms with Crippen LogP contribution in [0.3, 0.4) is 0 Å². The molecule has 1 atom stereocenters. The predicted molar refractivity (Wildman–Crippen MR) is 537 cm³/mol. The summed E-state index contributed by atoms with van der Waals surface area (Å²) in [4.78, 5) is 114. The Hall–Kier alpha value is -6.28. The number of unbranched alkanes of at least 4 members (excludes halogenated alkanes) is 6. The molecule has 2 amide bonds. The van der Waals surface area contributed by atoms with Gasteiger partial charge in [0.05, 0.1) is 189 Å². The number of benzene rings is 1. The van der Waals surface area contributed by atoms with Gasteiger partial charge in [-0.15, -0.1) is 5.06 Å². The Morgan fingerprint density at radius 3 is 1.01 bits per heavy atom. The van der Waals surface area contributed by atoms with Crippen LogP contribution in [0.4, 0.5) is 8.78 Å². The van der Waals surface area contributed by atoms with E-state index in [1.807, 2.05) is 27.7 Å². The first-order chi connectivity index (χ1) is 67.9. The summed E-state index contributed by atoms with van der Waals surface area (Å²) in [5.41, 5.74) is 1.33. The molecule has 38 nitrogen and oxygen atoms in total. The molecular weight excluding hydrogens is 1980 g/mol. The van der Waals surface area contributed by atoms with Crippen LogP contribution in [0.2, 0.25) is 0 Å². The first kappa shape index (κ1) is 149. The molecule has 2 rings (SSSR count). The monoisotopic (exact) mass is 2160 g/mol. The van der Waals surface area contributed by atoms with Gasteiger partial charge in [-0.05, 0) is 124 Å². The first-order valence-electron chi connectivity index (χ1n) is 49.4. The number of halogens is 3. The van der Waals surface area contributed by atoms with E-state index in [9.17, 15) is 73.6 Å². The summed E-state index contributed by atoms with van der Waals surface area (Å²) in [7, 11) is -6.93. The van der Waals surface area contributed by atoms with Crippen LogP contribution >= 0.6 is 15.9 Å². The van der Waals surface area contributed by atoms with Gasteiger partial charge in [0.15, 0.2) is 0 Å². The summed E-state index contributed by atoms with van der Waals surface area (Å²) in [6, 6.07) is 6.52. The van der Waals surface area contributed by atoms with Crippen LogP contribution in [0.1, 0.15) is 250 Å². The number of hydrogen-bond acceptors (Lipinski definition) is 37. The van der Waals surface area contributed by atoms with E-state index in [4.69, 9.17) is 99.0 Å². The fourth-order valence-corrected chi connectivity index (χ4v) is 10.9. The molecule has 1 unspecified atom stereocenters. The predicted octanol–water partition coefficient (Wildman–Crippen LogP) is 15.1. The lowest BCUT2D eigenvalue weighted by molar-refractivity contribution is -0.197. The minimum atomic E-state index is -4.87. The van der Waals surface area contributed by atoms with Crippen molar-refractivity contribution in [3.63, 3.8) is 0 Å². The number of amides is 2. The van der Waals surface area contributed by atoms with E-state index >= 15 is 0 Å². The minimum Gasteiger partial charge on any atom is -0.462 e. The van der Waals surface area contributed by atoms with Crippen LogP contribution in [0.15, 0.2) is 54.0 Å². The van der Waals surface area contributed by atoms with Crippen molar-refractivity contribution in [1.29, 1.82) is 0 Å². The Kier molecular flexibility index (Phi) is 119. The molecule has 1 saturated heterocycles. The number of hydroxylamine groups is 2. The Morgan fingerprint density at radius 2 is 0.704 bits per heavy atom. The summed E-state index contributed by atoms with van der Waals surface area (Å²) in [5, 5.41) is -2.46. The number of rotatable bonds is 84. The SMILES string of the molecule is C=C(C)C(=O)OCCOC(=O)C(C)CC.C=CC(=O)OCCOC(=O)CCC.CC(=O)CCCCCCC(=O)ON1C(=O)CCC1=O.CC(=O)CCCCCCC(C)=O.CCCOCCOCCOCCBr.CCCOCCOCCOCCC.CCCOCCOCCOCCOC.CCCOCCOCCOCCOS(=O)(=O)C(C)(F)F.CCCOCCOCCOCCOS(=O)(=O)c1ccc(C)cc1. The number of alkyl halides is 3. The fourth-order valence-electron chi connectivity index (χ4n) is 9.30. The molecule has 43 heteroatoms. The average molecular weight is 2160 g/mol. The number of imide groups is 1. The third-order valence-corrected chi connectivity index (χ3v) is 20.0. The number of aryl methyl sites for hydroxylation is 1. The highest BCUT2D eigenvalue weighted by Gasteiger charge is 2.40.